The first-order chi connectivity index (χ1) is 4.34. The van der Waals surface area contributed by atoms with Gasteiger partial charge in [-0.3, -0.25) is 0 Å². The molecule has 0 saturated heterocycles. The second kappa shape index (κ2) is 2.72. The molecule has 1 rings (SSSR count). The van der Waals surface area contributed by atoms with Crippen molar-refractivity contribution in [1.29, 1.82) is 0 Å². The Balaban J connectivity index is 2.64. The Labute approximate surface area is 56.0 Å². The smallest absolute Gasteiger partial charge is 0.0995 e. The van der Waals surface area contributed by atoms with Gasteiger partial charge in [0.05, 0.1) is 12.0 Å². The Hall–Kier alpha value is -0.720. The van der Waals surface area contributed by atoms with Crippen LogP contribution in [0.4, 0.5) is 0 Å². The van der Waals surface area contributed by atoms with Crippen LogP contribution in [0.1, 0.15) is 26.7 Å². The molecule has 0 radical (unpaired) electrons. The number of hydrogen-bond acceptors (Lipinski definition) is 1. The van der Waals surface area contributed by atoms with Crippen LogP contribution < -0.4 is 0 Å². The second-order valence-corrected chi connectivity index (χ2v) is 2.21. The molecule has 0 aromatic heterocycles. The van der Waals surface area contributed by atoms with Crippen molar-refractivity contribution in [2.24, 2.45) is 0 Å². The summed E-state index contributed by atoms with van der Waals surface area (Å²) in [4.78, 5) is 0. The predicted octanol–water partition coefficient (Wildman–Crippen LogP) is 2.60. The van der Waals surface area contributed by atoms with Gasteiger partial charge in [0.25, 0.3) is 0 Å². The molecule has 1 aliphatic rings. The summed E-state index contributed by atoms with van der Waals surface area (Å²) in [5.74, 6) is 1.08. The van der Waals surface area contributed by atoms with Gasteiger partial charge in [0, 0.05) is 0 Å². The van der Waals surface area contributed by atoms with Gasteiger partial charge in [-0.25, -0.2) is 0 Å². The topological polar surface area (TPSA) is 9.23 Å². The highest BCUT2D eigenvalue weighted by Crippen LogP contribution is 2.18. The lowest BCUT2D eigenvalue weighted by atomic mass is 10.1. The van der Waals surface area contributed by atoms with E-state index in [0.29, 0.717) is 0 Å². The molecule has 0 atom stereocenters. The zero-order chi connectivity index (χ0) is 6.69. The lowest BCUT2D eigenvalue weighted by Crippen LogP contribution is -1.92. The zero-order valence-corrected chi connectivity index (χ0v) is 5.98. The van der Waals surface area contributed by atoms with E-state index in [1.54, 1.807) is 6.26 Å². The molecular weight excluding hydrogens is 112 g/mol. The third-order valence-electron chi connectivity index (χ3n) is 1.63. The number of ether oxygens (including phenoxy) is 1. The number of allylic oxidation sites excluding steroid dienone is 3. The molecule has 0 N–H and O–H groups in total. The minimum Gasteiger partial charge on any atom is -0.470 e. The SMILES string of the molecule is CCC1=C(C)OC=CC1. The molecule has 0 bridgehead atoms. The van der Waals surface area contributed by atoms with Crippen molar-refractivity contribution < 1.29 is 4.74 Å². The van der Waals surface area contributed by atoms with Crippen LogP contribution >= 0.6 is 0 Å². The Kier molecular flexibility index (Phi) is 1.93. The van der Waals surface area contributed by atoms with Crippen LogP contribution in [-0.2, 0) is 4.74 Å². The summed E-state index contributed by atoms with van der Waals surface area (Å²) < 4.78 is 5.18. The average Bonchev–Trinajstić information content (AvgIpc) is 1.89. The Bertz CT molecular complexity index is 154. The highest BCUT2D eigenvalue weighted by Gasteiger charge is 2.01. The molecule has 1 heterocycles. The number of rotatable bonds is 1. The molecule has 0 fully saturated rings. The van der Waals surface area contributed by atoms with Gasteiger partial charge in [-0.1, -0.05) is 6.92 Å². The lowest BCUT2D eigenvalue weighted by Gasteiger charge is -2.11. The fourth-order valence-corrected chi connectivity index (χ4v) is 0.961. The summed E-state index contributed by atoms with van der Waals surface area (Å²) in [6.07, 6.45) is 5.98. The second-order valence-electron chi connectivity index (χ2n) is 2.21. The van der Waals surface area contributed by atoms with Gasteiger partial charge in [-0.15, -0.1) is 0 Å². The van der Waals surface area contributed by atoms with Gasteiger partial charge in [-0.05, 0) is 31.4 Å². The van der Waals surface area contributed by atoms with Crippen molar-refractivity contribution >= 4 is 0 Å². The van der Waals surface area contributed by atoms with E-state index < -0.39 is 0 Å². The largest absolute Gasteiger partial charge is 0.470 e. The van der Waals surface area contributed by atoms with E-state index in [4.69, 9.17) is 4.74 Å². The van der Waals surface area contributed by atoms with Crippen molar-refractivity contribution in [3.63, 3.8) is 0 Å². The van der Waals surface area contributed by atoms with E-state index in [1.165, 1.54) is 5.57 Å². The highest BCUT2D eigenvalue weighted by atomic mass is 16.5. The first kappa shape index (κ1) is 6.40. The first-order valence-electron chi connectivity index (χ1n) is 3.35. The average molecular weight is 124 g/mol. The van der Waals surface area contributed by atoms with E-state index in [-0.39, 0.29) is 0 Å². The van der Waals surface area contributed by atoms with Gasteiger partial charge in [0.2, 0.25) is 0 Å². The van der Waals surface area contributed by atoms with Gasteiger partial charge in [-0.2, -0.15) is 0 Å². The van der Waals surface area contributed by atoms with E-state index in [0.717, 1.165) is 18.6 Å². The molecule has 1 heteroatoms. The summed E-state index contributed by atoms with van der Waals surface area (Å²) in [6.45, 7) is 4.17. The molecule has 0 aliphatic carbocycles. The maximum Gasteiger partial charge on any atom is 0.0995 e. The molecule has 9 heavy (non-hydrogen) atoms. The molecule has 1 nitrogen and oxygen atoms in total. The number of hydrogen-bond donors (Lipinski definition) is 0. The normalized spacial score (nSPS) is 18.0. The van der Waals surface area contributed by atoms with Crippen molar-refractivity contribution in [3.05, 3.63) is 23.7 Å². The predicted molar refractivity (Wildman–Crippen MR) is 37.8 cm³/mol. The molecule has 0 aromatic rings. The van der Waals surface area contributed by atoms with Crippen molar-refractivity contribution in [2.45, 2.75) is 26.7 Å². The van der Waals surface area contributed by atoms with Gasteiger partial charge in [0.15, 0.2) is 0 Å². The van der Waals surface area contributed by atoms with Gasteiger partial charge >= 0.3 is 0 Å². The van der Waals surface area contributed by atoms with Crippen molar-refractivity contribution in [1.82, 2.24) is 0 Å². The van der Waals surface area contributed by atoms with Crippen LogP contribution in [0.3, 0.4) is 0 Å². The quantitative estimate of drug-likeness (QED) is 0.522. The van der Waals surface area contributed by atoms with Crippen molar-refractivity contribution in [3.8, 4) is 0 Å². The maximum absolute atomic E-state index is 5.18. The molecule has 50 valence electrons. The summed E-state index contributed by atoms with van der Waals surface area (Å²) in [7, 11) is 0. The third kappa shape index (κ3) is 1.35. The van der Waals surface area contributed by atoms with E-state index >= 15 is 0 Å². The fourth-order valence-electron chi connectivity index (χ4n) is 0.961. The van der Waals surface area contributed by atoms with E-state index in [2.05, 4.69) is 6.92 Å². The summed E-state index contributed by atoms with van der Waals surface area (Å²) >= 11 is 0. The standard InChI is InChI=1S/C8H12O/c1-3-8-5-4-6-9-7(8)2/h4,6H,3,5H2,1-2H3. The molecule has 0 spiro atoms. The lowest BCUT2D eigenvalue weighted by molar-refractivity contribution is 0.335. The Morgan fingerprint density at radius 1 is 1.67 bits per heavy atom. The zero-order valence-electron chi connectivity index (χ0n) is 5.98. The minimum atomic E-state index is 1.07. The molecule has 0 amide bonds. The van der Waals surface area contributed by atoms with E-state index in [9.17, 15) is 0 Å². The summed E-state index contributed by atoms with van der Waals surface area (Å²) in [5.41, 5.74) is 1.41. The first-order valence-corrected chi connectivity index (χ1v) is 3.35. The van der Waals surface area contributed by atoms with Gasteiger partial charge < -0.3 is 4.74 Å². The van der Waals surface area contributed by atoms with Crippen LogP contribution in [0, 0.1) is 0 Å². The van der Waals surface area contributed by atoms with E-state index in [1.807, 2.05) is 13.0 Å². The van der Waals surface area contributed by atoms with Crippen LogP contribution in [0.2, 0.25) is 0 Å². The maximum atomic E-state index is 5.18. The van der Waals surface area contributed by atoms with Crippen LogP contribution in [0.5, 0.6) is 0 Å². The molecule has 1 aliphatic heterocycles. The molecule has 0 saturated carbocycles. The fraction of sp³-hybridized carbons (Fsp3) is 0.500. The van der Waals surface area contributed by atoms with Crippen LogP contribution in [0.25, 0.3) is 0 Å². The Morgan fingerprint density at radius 3 is 2.89 bits per heavy atom. The van der Waals surface area contributed by atoms with Crippen LogP contribution in [0.15, 0.2) is 23.7 Å². The Morgan fingerprint density at radius 2 is 2.44 bits per heavy atom. The van der Waals surface area contributed by atoms with Gasteiger partial charge in [0.1, 0.15) is 0 Å². The molecule has 0 aromatic carbocycles. The third-order valence-corrected chi connectivity index (χ3v) is 1.63. The van der Waals surface area contributed by atoms with Crippen LogP contribution in [-0.4, -0.2) is 0 Å². The monoisotopic (exact) mass is 124 g/mol. The van der Waals surface area contributed by atoms with Crippen molar-refractivity contribution in [2.75, 3.05) is 0 Å². The summed E-state index contributed by atoms with van der Waals surface area (Å²) in [5, 5.41) is 0. The highest BCUT2D eigenvalue weighted by molar-refractivity contribution is 5.14. The molecule has 0 unspecified atom stereocenters. The molecular formula is C8H12O. The minimum absolute atomic E-state index is 1.07. The summed E-state index contributed by atoms with van der Waals surface area (Å²) in [6, 6.07) is 0.